The molecule has 2 aromatic heterocycles. The van der Waals surface area contributed by atoms with Crippen molar-refractivity contribution in [1.82, 2.24) is 14.6 Å². The summed E-state index contributed by atoms with van der Waals surface area (Å²) in [6.07, 6.45) is 0. The van der Waals surface area contributed by atoms with E-state index in [0.717, 1.165) is 20.6 Å². The van der Waals surface area contributed by atoms with Gasteiger partial charge in [-0.2, -0.15) is 5.10 Å². The molecule has 0 saturated carbocycles. The predicted octanol–water partition coefficient (Wildman–Crippen LogP) is 2.57. The lowest BCUT2D eigenvalue weighted by Crippen LogP contribution is -2.02. The highest BCUT2D eigenvalue weighted by Crippen LogP contribution is 2.20. The number of hydrogen-bond acceptors (Lipinski definition) is 2. The molecule has 0 bridgehead atoms. The van der Waals surface area contributed by atoms with Gasteiger partial charge >= 0.3 is 0 Å². The van der Waals surface area contributed by atoms with E-state index in [1.165, 1.54) is 11.3 Å². The molecule has 0 atom stereocenters. The highest BCUT2D eigenvalue weighted by atomic mass is 127. The second kappa shape index (κ2) is 3.18. The fourth-order valence-electron chi connectivity index (χ4n) is 1.49. The summed E-state index contributed by atoms with van der Waals surface area (Å²) in [6, 6.07) is 0. The quantitative estimate of drug-likeness (QED) is 0.700. The fourth-order valence-corrected chi connectivity index (χ4v) is 1.95. The summed E-state index contributed by atoms with van der Waals surface area (Å²) >= 11 is 2.30. The molecule has 2 aromatic rings. The Kier molecular flexibility index (Phi) is 2.25. The zero-order valence-electron chi connectivity index (χ0n) is 8.72. The molecule has 0 amide bonds. The van der Waals surface area contributed by atoms with Crippen LogP contribution in [0.1, 0.15) is 22.6 Å². The summed E-state index contributed by atoms with van der Waals surface area (Å²) in [5.74, 6) is 0. The molecule has 0 aromatic carbocycles. The van der Waals surface area contributed by atoms with Crippen molar-refractivity contribution in [2.45, 2.75) is 27.7 Å². The van der Waals surface area contributed by atoms with Crippen molar-refractivity contribution in [3.05, 3.63) is 26.2 Å². The smallest absolute Gasteiger partial charge is 0.169 e. The summed E-state index contributed by atoms with van der Waals surface area (Å²) in [6.45, 7) is 8.22. The van der Waals surface area contributed by atoms with Crippen molar-refractivity contribution in [1.29, 1.82) is 0 Å². The molecule has 2 rings (SSSR count). The van der Waals surface area contributed by atoms with Gasteiger partial charge in [-0.25, -0.2) is 9.50 Å². The molecule has 2 heterocycles. The molecule has 0 N–H and O–H groups in total. The van der Waals surface area contributed by atoms with E-state index >= 15 is 0 Å². The van der Waals surface area contributed by atoms with Gasteiger partial charge in [0.15, 0.2) is 5.65 Å². The second-order valence-corrected chi connectivity index (χ2v) is 4.62. The summed E-state index contributed by atoms with van der Waals surface area (Å²) in [5.41, 5.74) is 5.51. The lowest BCUT2D eigenvalue weighted by molar-refractivity contribution is 0.856. The summed E-state index contributed by atoms with van der Waals surface area (Å²) in [7, 11) is 0. The van der Waals surface area contributed by atoms with Crippen LogP contribution in [0.5, 0.6) is 0 Å². The molecule has 0 saturated heterocycles. The van der Waals surface area contributed by atoms with Crippen LogP contribution in [-0.4, -0.2) is 14.6 Å². The van der Waals surface area contributed by atoms with Gasteiger partial charge < -0.3 is 0 Å². The Morgan fingerprint density at radius 2 is 1.71 bits per heavy atom. The molecular weight excluding hydrogens is 289 g/mol. The normalized spacial score (nSPS) is 11.2. The Morgan fingerprint density at radius 1 is 1.07 bits per heavy atom. The second-order valence-electron chi connectivity index (χ2n) is 3.54. The van der Waals surface area contributed by atoms with Gasteiger partial charge in [0.2, 0.25) is 0 Å². The van der Waals surface area contributed by atoms with E-state index in [1.807, 2.05) is 18.4 Å². The van der Waals surface area contributed by atoms with Crippen LogP contribution in [0.4, 0.5) is 0 Å². The van der Waals surface area contributed by atoms with Crippen molar-refractivity contribution in [2.75, 3.05) is 0 Å². The van der Waals surface area contributed by atoms with Crippen LogP contribution < -0.4 is 0 Å². The predicted molar refractivity (Wildman–Crippen MR) is 64.7 cm³/mol. The third-order valence-electron chi connectivity index (χ3n) is 2.64. The molecule has 74 valence electrons. The van der Waals surface area contributed by atoms with Crippen LogP contribution in [0.25, 0.3) is 5.65 Å². The summed E-state index contributed by atoms with van der Waals surface area (Å²) in [5, 5.41) is 4.46. The molecule has 0 aliphatic rings. The average molecular weight is 301 g/mol. The maximum atomic E-state index is 4.55. The lowest BCUT2D eigenvalue weighted by atomic mass is 10.2. The maximum Gasteiger partial charge on any atom is 0.169 e. The molecule has 0 aliphatic heterocycles. The Hall–Kier alpha value is -0.650. The number of hydrogen-bond donors (Lipinski definition) is 0. The minimum Gasteiger partial charge on any atom is -0.233 e. The zero-order valence-corrected chi connectivity index (χ0v) is 10.9. The van der Waals surface area contributed by atoms with Crippen LogP contribution in [0.3, 0.4) is 0 Å². The number of halogens is 1. The van der Waals surface area contributed by atoms with Gasteiger partial charge in [0.25, 0.3) is 0 Å². The minimum atomic E-state index is 0.976. The average Bonchev–Trinajstić information content (AvgIpc) is 2.42. The highest BCUT2D eigenvalue weighted by molar-refractivity contribution is 14.1. The van der Waals surface area contributed by atoms with E-state index < -0.39 is 0 Å². The van der Waals surface area contributed by atoms with Gasteiger partial charge in [0.05, 0.1) is 9.26 Å². The first-order valence-electron chi connectivity index (χ1n) is 4.51. The van der Waals surface area contributed by atoms with Gasteiger partial charge in [0, 0.05) is 11.4 Å². The van der Waals surface area contributed by atoms with E-state index in [4.69, 9.17) is 0 Å². The SMILES string of the molecule is Cc1nc2c(I)c(C)nn2c(C)c1C. The fraction of sp³-hybridized carbons (Fsp3) is 0.400. The number of nitrogens with zero attached hydrogens (tertiary/aromatic N) is 3. The van der Waals surface area contributed by atoms with Crippen LogP contribution in [0, 0.1) is 31.3 Å². The molecule has 3 nitrogen and oxygen atoms in total. The number of rotatable bonds is 0. The highest BCUT2D eigenvalue weighted by Gasteiger charge is 2.12. The van der Waals surface area contributed by atoms with E-state index in [9.17, 15) is 0 Å². The van der Waals surface area contributed by atoms with Gasteiger partial charge in [-0.05, 0) is 55.8 Å². The number of aryl methyl sites for hydroxylation is 3. The zero-order chi connectivity index (χ0) is 10.5. The molecule has 0 fully saturated rings. The Morgan fingerprint density at radius 3 is 2.36 bits per heavy atom. The third kappa shape index (κ3) is 1.24. The first-order chi connectivity index (χ1) is 6.52. The molecule has 14 heavy (non-hydrogen) atoms. The first-order valence-corrected chi connectivity index (χ1v) is 5.59. The standard InChI is InChI=1S/C10H12IN3/c1-5-6(2)12-10-9(11)7(3)13-14(10)8(5)4/h1-4H3. The monoisotopic (exact) mass is 301 g/mol. The van der Waals surface area contributed by atoms with Crippen molar-refractivity contribution < 1.29 is 0 Å². The van der Waals surface area contributed by atoms with Crippen LogP contribution >= 0.6 is 22.6 Å². The van der Waals surface area contributed by atoms with Crippen molar-refractivity contribution in [3.63, 3.8) is 0 Å². The van der Waals surface area contributed by atoms with Gasteiger partial charge in [-0.1, -0.05) is 0 Å². The topological polar surface area (TPSA) is 30.2 Å². The van der Waals surface area contributed by atoms with Crippen molar-refractivity contribution in [3.8, 4) is 0 Å². The summed E-state index contributed by atoms with van der Waals surface area (Å²) in [4.78, 5) is 4.55. The van der Waals surface area contributed by atoms with Crippen LogP contribution in [-0.2, 0) is 0 Å². The number of fused-ring (bicyclic) bond motifs is 1. The Bertz CT molecular complexity index is 514. The van der Waals surface area contributed by atoms with E-state index in [-0.39, 0.29) is 0 Å². The maximum absolute atomic E-state index is 4.55. The van der Waals surface area contributed by atoms with Crippen LogP contribution in [0.2, 0.25) is 0 Å². The van der Waals surface area contributed by atoms with Gasteiger partial charge in [0.1, 0.15) is 0 Å². The Labute approximate surface area is 96.7 Å². The minimum absolute atomic E-state index is 0.976. The van der Waals surface area contributed by atoms with Crippen molar-refractivity contribution in [2.24, 2.45) is 0 Å². The molecular formula is C10H12IN3. The third-order valence-corrected chi connectivity index (χ3v) is 3.90. The van der Waals surface area contributed by atoms with Gasteiger partial charge in [-0.3, -0.25) is 0 Å². The first kappa shape index (κ1) is 9.89. The van der Waals surface area contributed by atoms with E-state index in [1.54, 1.807) is 0 Å². The summed E-state index contributed by atoms with van der Waals surface area (Å²) < 4.78 is 3.08. The van der Waals surface area contributed by atoms with E-state index in [0.29, 0.717) is 0 Å². The van der Waals surface area contributed by atoms with E-state index in [2.05, 4.69) is 46.5 Å². The molecule has 0 unspecified atom stereocenters. The largest absolute Gasteiger partial charge is 0.233 e. The molecule has 0 radical (unpaired) electrons. The van der Waals surface area contributed by atoms with Crippen molar-refractivity contribution >= 4 is 28.2 Å². The lowest BCUT2D eigenvalue weighted by Gasteiger charge is -2.05. The molecule has 4 heteroatoms. The molecule has 0 aliphatic carbocycles. The number of aromatic nitrogens is 3. The van der Waals surface area contributed by atoms with Gasteiger partial charge in [-0.15, -0.1) is 0 Å². The van der Waals surface area contributed by atoms with Crippen LogP contribution in [0.15, 0.2) is 0 Å². The molecule has 0 spiro atoms. The Balaban J connectivity index is 2.98.